The van der Waals surface area contributed by atoms with Crippen LogP contribution in [0.2, 0.25) is 10.0 Å². The molecule has 0 radical (unpaired) electrons. The highest BCUT2D eigenvalue weighted by atomic mass is 35.5. The van der Waals surface area contributed by atoms with Gasteiger partial charge in [0.15, 0.2) is 0 Å². The summed E-state index contributed by atoms with van der Waals surface area (Å²) in [4.78, 5) is 22.4. The summed E-state index contributed by atoms with van der Waals surface area (Å²) in [6.07, 6.45) is -5.23. The molecule has 0 heterocycles. The van der Waals surface area contributed by atoms with E-state index in [9.17, 15) is 22.8 Å². The minimum absolute atomic E-state index is 0.0704. The Kier molecular flexibility index (Phi) is 4.88. The monoisotopic (exact) mass is 329 g/mol. The zero-order valence-electron chi connectivity index (χ0n) is 9.91. The van der Waals surface area contributed by atoms with Crippen LogP contribution in [0.1, 0.15) is 6.92 Å². The number of anilines is 1. The lowest BCUT2D eigenvalue weighted by Gasteiger charge is -2.28. The molecule has 0 fully saturated rings. The van der Waals surface area contributed by atoms with Crippen LogP contribution in [0.5, 0.6) is 0 Å². The van der Waals surface area contributed by atoms with Crippen molar-refractivity contribution in [2.24, 2.45) is 0 Å². The van der Waals surface area contributed by atoms with E-state index in [4.69, 9.17) is 28.3 Å². The molecule has 20 heavy (non-hydrogen) atoms. The second-order valence-corrected chi connectivity index (χ2v) is 4.63. The third-order valence-corrected chi connectivity index (χ3v) is 2.91. The molecule has 1 aromatic rings. The molecule has 1 unspecified atom stereocenters. The number of aliphatic carboxylic acids is 1. The molecule has 1 N–H and O–H groups in total. The Balaban J connectivity index is 3.38. The second kappa shape index (κ2) is 5.88. The molecular weight excluding hydrogens is 322 g/mol. The van der Waals surface area contributed by atoms with Crippen LogP contribution in [0.15, 0.2) is 18.2 Å². The Hall–Kier alpha value is -1.47. The summed E-state index contributed by atoms with van der Waals surface area (Å²) in [5, 5.41) is 8.72. The van der Waals surface area contributed by atoms with Gasteiger partial charge >= 0.3 is 18.1 Å². The molecule has 0 bridgehead atoms. The first kappa shape index (κ1) is 16.6. The molecule has 1 atom stereocenters. The average Bonchev–Trinajstić information content (AvgIpc) is 2.30. The lowest BCUT2D eigenvalue weighted by Crippen LogP contribution is -2.49. The van der Waals surface area contributed by atoms with Crippen LogP contribution in [0, 0.1) is 0 Å². The number of carbonyl (C=O) groups is 2. The largest absolute Gasteiger partial charge is 0.480 e. The molecule has 110 valence electrons. The third-order valence-electron chi connectivity index (χ3n) is 2.38. The average molecular weight is 330 g/mol. The number of rotatable bonds is 3. The van der Waals surface area contributed by atoms with E-state index in [-0.39, 0.29) is 20.6 Å². The summed E-state index contributed by atoms with van der Waals surface area (Å²) in [6.45, 7) is 0.941. The van der Waals surface area contributed by atoms with Crippen molar-refractivity contribution in [1.82, 2.24) is 0 Å². The lowest BCUT2D eigenvalue weighted by atomic mass is 10.2. The molecule has 0 spiro atoms. The zero-order valence-corrected chi connectivity index (χ0v) is 11.4. The van der Waals surface area contributed by atoms with E-state index >= 15 is 0 Å². The van der Waals surface area contributed by atoms with E-state index < -0.39 is 24.1 Å². The normalized spacial score (nSPS) is 12.9. The topological polar surface area (TPSA) is 57.6 Å². The minimum Gasteiger partial charge on any atom is -0.480 e. The predicted octanol–water partition coefficient (Wildman–Crippen LogP) is 3.36. The van der Waals surface area contributed by atoms with Crippen LogP contribution in [0.3, 0.4) is 0 Å². The maximum Gasteiger partial charge on any atom is 0.471 e. The number of hydrogen-bond donors (Lipinski definition) is 1. The standard InChI is InChI=1S/C11H8Cl2F3NO3/c1-5(9(18)19)17(10(20)11(14,15)16)8-3-2-6(12)4-7(8)13/h2-5H,1H3,(H,18,19). The fraction of sp³-hybridized carbons (Fsp3) is 0.273. The number of carboxylic acids is 1. The van der Waals surface area contributed by atoms with Gasteiger partial charge in [-0.05, 0) is 25.1 Å². The van der Waals surface area contributed by atoms with Gasteiger partial charge in [0.05, 0.1) is 10.7 Å². The molecule has 1 rings (SSSR count). The van der Waals surface area contributed by atoms with Gasteiger partial charge in [-0.2, -0.15) is 13.2 Å². The number of hydrogen-bond acceptors (Lipinski definition) is 2. The fourth-order valence-electron chi connectivity index (χ4n) is 1.42. The van der Waals surface area contributed by atoms with Crippen molar-refractivity contribution in [2.45, 2.75) is 19.1 Å². The van der Waals surface area contributed by atoms with E-state index in [0.717, 1.165) is 19.1 Å². The van der Waals surface area contributed by atoms with Crippen LogP contribution in [0.4, 0.5) is 18.9 Å². The number of benzene rings is 1. The van der Waals surface area contributed by atoms with Crippen molar-refractivity contribution in [3.05, 3.63) is 28.2 Å². The molecule has 9 heteroatoms. The van der Waals surface area contributed by atoms with Crippen LogP contribution >= 0.6 is 23.2 Å². The SMILES string of the molecule is CC(C(=O)O)N(C(=O)C(F)(F)F)c1ccc(Cl)cc1Cl. The van der Waals surface area contributed by atoms with Crippen LogP contribution in [-0.4, -0.2) is 29.2 Å². The molecule has 1 aromatic carbocycles. The van der Waals surface area contributed by atoms with Crippen molar-refractivity contribution in [1.29, 1.82) is 0 Å². The number of carboxylic acid groups (broad SMARTS) is 1. The summed E-state index contributed by atoms with van der Waals surface area (Å²) >= 11 is 11.3. The summed E-state index contributed by atoms with van der Waals surface area (Å²) in [5.74, 6) is -3.93. The number of nitrogens with zero attached hydrogens (tertiary/aromatic N) is 1. The molecule has 0 saturated carbocycles. The van der Waals surface area contributed by atoms with Gasteiger partial charge in [0.2, 0.25) is 0 Å². The highest BCUT2D eigenvalue weighted by Crippen LogP contribution is 2.33. The second-order valence-electron chi connectivity index (χ2n) is 3.78. The quantitative estimate of drug-likeness (QED) is 0.925. The number of carbonyl (C=O) groups excluding carboxylic acids is 1. The molecule has 4 nitrogen and oxygen atoms in total. The highest BCUT2D eigenvalue weighted by Gasteiger charge is 2.46. The molecular formula is C11H8Cl2F3NO3. The maximum absolute atomic E-state index is 12.6. The smallest absolute Gasteiger partial charge is 0.471 e. The van der Waals surface area contributed by atoms with Crippen molar-refractivity contribution in [3.8, 4) is 0 Å². The Morgan fingerprint density at radius 1 is 1.30 bits per heavy atom. The van der Waals surface area contributed by atoms with E-state index in [1.807, 2.05) is 0 Å². The summed E-state index contributed by atoms with van der Waals surface area (Å²) in [5.41, 5.74) is -0.381. The van der Waals surface area contributed by atoms with Crippen LogP contribution in [0.25, 0.3) is 0 Å². The summed E-state index contributed by atoms with van der Waals surface area (Å²) in [6, 6.07) is 1.62. The van der Waals surface area contributed by atoms with Crippen molar-refractivity contribution in [2.75, 3.05) is 4.90 Å². The van der Waals surface area contributed by atoms with Crippen molar-refractivity contribution < 1.29 is 27.9 Å². The Bertz CT molecular complexity index is 548. The molecule has 0 aliphatic heterocycles. The van der Waals surface area contributed by atoms with E-state index in [0.29, 0.717) is 0 Å². The molecule has 1 amide bonds. The maximum atomic E-state index is 12.6. The Labute approximate surface area is 121 Å². The van der Waals surface area contributed by atoms with Gasteiger partial charge in [0.1, 0.15) is 6.04 Å². The van der Waals surface area contributed by atoms with E-state index in [2.05, 4.69) is 0 Å². The molecule has 0 aliphatic carbocycles. The van der Waals surface area contributed by atoms with Crippen molar-refractivity contribution in [3.63, 3.8) is 0 Å². The minimum atomic E-state index is -5.23. The van der Waals surface area contributed by atoms with Gasteiger partial charge in [-0.1, -0.05) is 23.2 Å². The molecule has 0 aromatic heterocycles. The summed E-state index contributed by atoms with van der Waals surface area (Å²) in [7, 11) is 0. The number of alkyl halides is 3. The lowest BCUT2D eigenvalue weighted by molar-refractivity contribution is -0.171. The fourth-order valence-corrected chi connectivity index (χ4v) is 1.92. The van der Waals surface area contributed by atoms with Crippen LogP contribution in [-0.2, 0) is 9.59 Å². The number of halogens is 5. The zero-order chi connectivity index (χ0) is 15.7. The Morgan fingerprint density at radius 2 is 1.85 bits per heavy atom. The number of amides is 1. The third kappa shape index (κ3) is 3.55. The van der Waals surface area contributed by atoms with Crippen molar-refractivity contribution >= 4 is 40.8 Å². The van der Waals surface area contributed by atoms with Gasteiger partial charge in [0.25, 0.3) is 0 Å². The van der Waals surface area contributed by atoms with Crippen LogP contribution < -0.4 is 4.90 Å². The van der Waals surface area contributed by atoms with Gasteiger partial charge in [0, 0.05) is 5.02 Å². The van der Waals surface area contributed by atoms with Gasteiger partial charge in [-0.15, -0.1) is 0 Å². The van der Waals surface area contributed by atoms with Gasteiger partial charge in [-0.3, -0.25) is 9.69 Å². The first-order valence-corrected chi connectivity index (χ1v) is 5.89. The predicted molar refractivity (Wildman–Crippen MR) is 67.1 cm³/mol. The van der Waals surface area contributed by atoms with Gasteiger partial charge < -0.3 is 5.11 Å². The Morgan fingerprint density at radius 3 is 2.25 bits per heavy atom. The van der Waals surface area contributed by atoms with E-state index in [1.165, 1.54) is 6.07 Å². The summed E-state index contributed by atoms with van der Waals surface area (Å²) < 4.78 is 37.7. The molecule has 0 aliphatic rings. The van der Waals surface area contributed by atoms with E-state index in [1.54, 1.807) is 0 Å². The molecule has 0 saturated heterocycles. The first-order valence-electron chi connectivity index (χ1n) is 5.14. The highest BCUT2D eigenvalue weighted by molar-refractivity contribution is 6.37. The first-order chi connectivity index (χ1) is 9.05. The van der Waals surface area contributed by atoms with Gasteiger partial charge in [-0.25, -0.2) is 4.79 Å².